The Labute approximate surface area is 213 Å². The smallest absolute Gasteiger partial charge is 0.416 e. The molecule has 0 aliphatic rings. The molecule has 0 aliphatic carbocycles. The van der Waals surface area contributed by atoms with Crippen molar-refractivity contribution in [2.75, 3.05) is 0 Å². The standard InChI is InChI=1S/C27H21F4N3O4/c28-23-15-33(26(37)34(25(23)36)14-20-5-1-2-7-22(20)27(29,30)31)13-17-8-10-21(11-9-17)38-16-18-4-3-6-19(12-18)24(32)35/h1-12,15H,13-14,16H2,(H2,32,35). The molecule has 0 radical (unpaired) electrons. The zero-order valence-corrected chi connectivity index (χ0v) is 19.7. The highest BCUT2D eigenvalue weighted by Gasteiger charge is 2.33. The summed E-state index contributed by atoms with van der Waals surface area (Å²) in [6.45, 7) is -0.720. The molecule has 11 heteroatoms. The van der Waals surface area contributed by atoms with Gasteiger partial charge in [-0.15, -0.1) is 0 Å². The van der Waals surface area contributed by atoms with Crippen LogP contribution in [-0.2, 0) is 25.9 Å². The van der Waals surface area contributed by atoms with Crippen molar-refractivity contribution in [2.45, 2.75) is 25.9 Å². The number of aromatic nitrogens is 2. The predicted molar refractivity (Wildman–Crippen MR) is 130 cm³/mol. The fourth-order valence-electron chi connectivity index (χ4n) is 3.84. The SMILES string of the molecule is NC(=O)c1cccc(COc2ccc(Cn3cc(F)c(=O)n(Cc4ccccc4C(F)(F)F)c3=O)cc2)c1. The van der Waals surface area contributed by atoms with Crippen LogP contribution in [0.5, 0.6) is 5.75 Å². The van der Waals surface area contributed by atoms with Gasteiger partial charge in [0.05, 0.1) is 24.8 Å². The monoisotopic (exact) mass is 527 g/mol. The summed E-state index contributed by atoms with van der Waals surface area (Å²) in [5.74, 6) is -1.35. The van der Waals surface area contributed by atoms with E-state index >= 15 is 0 Å². The van der Waals surface area contributed by atoms with Crippen molar-refractivity contribution in [3.8, 4) is 5.75 Å². The average Bonchev–Trinajstić information content (AvgIpc) is 2.89. The van der Waals surface area contributed by atoms with Crippen LogP contribution in [0, 0.1) is 5.82 Å². The maximum atomic E-state index is 14.4. The van der Waals surface area contributed by atoms with Gasteiger partial charge in [0, 0.05) is 5.56 Å². The molecule has 0 saturated heterocycles. The molecule has 0 bridgehead atoms. The van der Waals surface area contributed by atoms with Gasteiger partial charge in [0.25, 0.3) is 5.56 Å². The number of alkyl halides is 3. The van der Waals surface area contributed by atoms with E-state index in [1.807, 2.05) is 0 Å². The van der Waals surface area contributed by atoms with E-state index in [2.05, 4.69) is 0 Å². The number of benzene rings is 3. The summed E-state index contributed by atoms with van der Waals surface area (Å²) < 4.78 is 61.5. The zero-order chi connectivity index (χ0) is 27.4. The maximum Gasteiger partial charge on any atom is 0.416 e. The van der Waals surface area contributed by atoms with E-state index in [1.165, 1.54) is 12.1 Å². The highest BCUT2D eigenvalue weighted by molar-refractivity contribution is 5.92. The lowest BCUT2D eigenvalue weighted by Crippen LogP contribution is -2.41. The van der Waals surface area contributed by atoms with Crippen molar-refractivity contribution in [1.82, 2.24) is 9.13 Å². The van der Waals surface area contributed by atoms with Crippen LogP contribution in [0.15, 0.2) is 88.6 Å². The number of carbonyl (C=O) groups is 1. The molecule has 7 nitrogen and oxygen atoms in total. The van der Waals surface area contributed by atoms with E-state index in [0.717, 1.165) is 28.5 Å². The van der Waals surface area contributed by atoms with Crippen LogP contribution in [0.1, 0.15) is 32.6 Å². The van der Waals surface area contributed by atoms with Crippen LogP contribution in [0.2, 0.25) is 0 Å². The molecular formula is C27H21F4N3O4. The van der Waals surface area contributed by atoms with Gasteiger partial charge in [0.15, 0.2) is 0 Å². The largest absolute Gasteiger partial charge is 0.489 e. The van der Waals surface area contributed by atoms with Crippen molar-refractivity contribution in [3.63, 3.8) is 0 Å². The summed E-state index contributed by atoms with van der Waals surface area (Å²) in [4.78, 5) is 36.6. The van der Waals surface area contributed by atoms with Crippen molar-refractivity contribution in [2.24, 2.45) is 5.73 Å². The molecule has 4 aromatic rings. The second-order valence-corrected chi connectivity index (χ2v) is 8.43. The van der Waals surface area contributed by atoms with E-state index < -0.39 is 41.3 Å². The summed E-state index contributed by atoms with van der Waals surface area (Å²) in [6, 6.07) is 17.6. The first-order chi connectivity index (χ1) is 18.0. The third-order valence-electron chi connectivity index (χ3n) is 5.74. The van der Waals surface area contributed by atoms with E-state index in [-0.39, 0.29) is 18.7 Å². The van der Waals surface area contributed by atoms with E-state index in [4.69, 9.17) is 10.5 Å². The lowest BCUT2D eigenvalue weighted by atomic mass is 10.1. The molecular weight excluding hydrogens is 506 g/mol. The number of hydrogen-bond donors (Lipinski definition) is 1. The molecule has 196 valence electrons. The third-order valence-corrected chi connectivity index (χ3v) is 5.74. The Balaban J connectivity index is 1.53. The molecule has 0 aliphatic heterocycles. The number of hydrogen-bond acceptors (Lipinski definition) is 4. The molecule has 3 aromatic carbocycles. The van der Waals surface area contributed by atoms with Crippen LogP contribution < -0.4 is 21.7 Å². The molecule has 2 N–H and O–H groups in total. The molecule has 0 spiro atoms. The van der Waals surface area contributed by atoms with Gasteiger partial charge in [-0.2, -0.15) is 17.6 Å². The zero-order valence-electron chi connectivity index (χ0n) is 19.7. The van der Waals surface area contributed by atoms with Crippen molar-refractivity contribution in [1.29, 1.82) is 0 Å². The minimum atomic E-state index is -4.71. The van der Waals surface area contributed by atoms with Gasteiger partial charge < -0.3 is 10.5 Å². The molecule has 0 saturated carbocycles. The Morgan fingerprint density at radius 2 is 1.61 bits per heavy atom. The number of primary amides is 1. The first-order valence-electron chi connectivity index (χ1n) is 11.3. The first-order valence-corrected chi connectivity index (χ1v) is 11.3. The molecule has 4 rings (SSSR count). The number of halogens is 4. The molecule has 0 fully saturated rings. The average molecular weight is 527 g/mol. The Morgan fingerprint density at radius 3 is 2.29 bits per heavy atom. The second kappa shape index (κ2) is 10.8. The van der Waals surface area contributed by atoms with E-state index in [1.54, 1.807) is 48.5 Å². The fourth-order valence-corrected chi connectivity index (χ4v) is 3.84. The Morgan fingerprint density at radius 1 is 0.895 bits per heavy atom. The molecule has 1 aromatic heterocycles. The number of carbonyl (C=O) groups excluding carboxylic acids is 1. The molecule has 1 heterocycles. The summed E-state index contributed by atoms with van der Waals surface area (Å²) in [5, 5.41) is 0. The summed E-state index contributed by atoms with van der Waals surface area (Å²) in [5.41, 5.74) is 3.29. The number of nitrogens with two attached hydrogens (primary N) is 1. The summed E-state index contributed by atoms with van der Waals surface area (Å²) in [7, 11) is 0. The molecule has 38 heavy (non-hydrogen) atoms. The highest BCUT2D eigenvalue weighted by Crippen LogP contribution is 2.32. The van der Waals surface area contributed by atoms with Gasteiger partial charge in [-0.05, 0) is 47.0 Å². The minimum absolute atomic E-state index is 0.141. The third kappa shape index (κ3) is 6.00. The summed E-state index contributed by atoms with van der Waals surface area (Å²) in [6.07, 6.45) is -3.98. The normalized spacial score (nSPS) is 11.4. The molecule has 1 amide bonds. The molecule has 0 atom stereocenters. The number of amides is 1. The number of ether oxygens (including phenoxy) is 1. The quantitative estimate of drug-likeness (QED) is 0.351. The Hall–Kier alpha value is -4.67. The minimum Gasteiger partial charge on any atom is -0.489 e. The van der Waals surface area contributed by atoms with Crippen LogP contribution >= 0.6 is 0 Å². The van der Waals surface area contributed by atoms with Crippen LogP contribution in [0.25, 0.3) is 0 Å². The highest BCUT2D eigenvalue weighted by atomic mass is 19.4. The van der Waals surface area contributed by atoms with Gasteiger partial charge in [-0.1, -0.05) is 42.5 Å². The maximum absolute atomic E-state index is 14.4. The topological polar surface area (TPSA) is 96.3 Å². The fraction of sp³-hybridized carbons (Fsp3) is 0.148. The number of rotatable bonds is 8. The van der Waals surface area contributed by atoms with Crippen LogP contribution in [0.3, 0.4) is 0 Å². The van der Waals surface area contributed by atoms with Gasteiger partial charge in [0.2, 0.25) is 11.7 Å². The van der Waals surface area contributed by atoms with Crippen molar-refractivity contribution >= 4 is 5.91 Å². The van der Waals surface area contributed by atoms with Gasteiger partial charge in [-0.3, -0.25) is 18.7 Å². The van der Waals surface area contributed by atoms with Crippen LogP contribution in [-0.4, -0.2) is 15.0 Å². The lowest BCUT2D eigenvalue weighted by Gasteiger charge is -2.15. The predicted octanol–water partition coefficient (Wildman–Crippen LogP) is 3.94. The second-order valence-electron chi connectivity index (χ2n) is 8.43. The number of nitrogens with zero attached hydrogens (tertiary/aromatic N) is 2. The molecule has 0 unspecified atom stereocenters. The van der Waals surface area contributed by atoms with E-state index in [0.29, 0.717) is 21.4 Å². The van der Waals surface area contributed by atoms with Crippen LogP contribution in [0.4, 0.5) is 17.6 Å². The van der Waals surface area contributed by atoms with Gasteiger partial charge in [0.1, 0.15) is 12.4 Å². The Kier molecular flexibility index (Phi) is 7.47. The van der Waals surface area contributed by atoms with Gasteiger partial charge in [-0.25, -0.2) is 4.79 Å². The summed E-state index contributed by atoms with van der Waals surface area (Å²) >= 11 is 0. The Bertz CT molecular complexity index is 1590. The first kappa shape index (κ1) is 26.4. The van der Waals surface area contributed by atoms with E-state index in [9.17, 15) is 31.9 Å². The van der Waals surface area contributed by atoms with Gasteiger partial charge >= 0.3 is 11.9 Å². The lowest BCUT2D eigenvalue weighted by molar-refractivity contribution is -0.138. The van der Waals surface area contributed by atoms with Crippen molar-refractivity contribution in [3.05, 3.63) is 133 Å². The van der Waals surface area contributed by atoms with Crippen molar-refractivity contribution < 1.29 is 27.1 Å².